The van der Waals surface area contributed by atoms with Gasteiger partial charge in [-0.1, -0.05) is 0 Å². The van der Waals surface area contributed by atoms with Crippen molar-refractivity contribution in [3.05, 3.63) is 32.4 Å². The van der Waals surface area contributed by atoms with Crippen LogP contribution in [0.2, 0.25) is 0 Å². The highest BCUT2D eigenvalue weighted by atomic mass is 16.6. The third-order valence-electron chi connectivity index (χ3n) is 1.01. The van der Waals surface area contributed by atoms with Crippen LogP contribution in [-0.4, -0.2) is 20.0 Å². The fraction of sp³-hybridized carbons (Fsp3) is 0. The summed E-state index contributed by atoms with van der Waals surface area (Å²) in [6.07, 6.45) is 0. The summed E-state index contributed by atoms with van der Waals surface area (Å²) in [6.45, 7) is 0. The van der Waals surface area contributed by atoms with E-state index in [0.717, 1.165) is 12.1 Å². The predicted octanol–water partition coefficient (Wildman–Crippen LogP) is 0.293. The van der Waals surface area contributed by atoms with Crippen molar-refractivity contribution >= 4 is 11.6 Å². The Hall–Kier alpha value is -2.12. The lowest BCUT2D eigenvalue weighted by Gasteiger charge is -1.87. The van der Waals surface area contributed by atoms with Crippen LogP contribution >= 0.6 is 0 Å². The average Bonchev–Trinajstić information content (AvgIpc) is 2.04. The quantitative estimate of drug-likeness (QED) is 0.465. The van der Waals surface area contributed by atoms with Gasteiger partial charge < -0.3 is 20.2 Å². The van der Waals surface area contributed by atoms with Crippen molar-refractivity contribution in [1.82, 2.24) is 10.2 Å². The molecule has 0 unspecified atom stereocenters. The first-order chi connectivity index (χ1) is 5.61. The third kappa shape index (κ3) is 1.48. The highest BCUT2D eigenvalue weighted by Gasteiger charge is 2.16. The van der Waals surface area contributed by atoms with Crippen LogP contribution in [0.4, 0.5) is 11.6 Å². The predicted molar refractivity (Wildman–Crippen MR) is 35.3 cm³/mol. The Bertz CT molecular complexity index is 287. The number of nitrogens with zero attached hydrogens (tertiary/aromatic N) is 4. The van der Waals surface area contributed by atoms with E-state index in [9.17, 15) is 20.2 Å². The summed E-state index contributed by atoms with van der Waals surface area (Å²) in [4.78, 5) is 18.5. The summed E-state index contributed by atoms with van der Waals surface area (Å²) in [5, 5.41) is 26.0. The van der Waals surface area contributed by atoms with Crippen LogP contribution in [0, 0.1) is 20.2 Å². The van der Waals surface area contributed by atoms with Gasteiger partial charge in [0.15, 0.2) is 10.2 Å². The molecule has 8 heteroatoms. The standard InChI is InChI=1S/C4H2N4O4/c9-7(10)3-1-2-4(6-5-3)8(11)12/h1-2H. The molecule has 1 aromatic heterocycles. The molecule has 0 aromatic carbocycles. The molecule has 62 valence electrons. The lowest BCUT2D eigenvalue weighted by molar-refractivity contribution is -0.397. The molecule has 1 heterocycles. The van der Waals surface area contributed by atoms with Gasteiger partial charge in [0.1, 0.15) is 0 Å². The number of hydrogen-bond acceptors (Lipinski definition) is 6. The van der Waals surface area contributed by atoms with Gasteiger partial charge >= 0.3 is 11.6 Å². The minimum absolute atomic E-state index is 0.513. The van der Waals surface area contributed by atoms with E-state index in [1.807, 2.05) is 0 Å². The maximum Gasteiger partial charge on any atom is 0.416 e. The minimum atomic E-state index is -0.781. The molecule has 0 aliphatic carbocycles. The maximum absolute atomic E-state index is 10.0. The monoisotopic (exact) mass is 170 g/mol. The number of aromatic nitrogens is 2. The fourth-order valence-corrected chi connectivity index (χ4v) is 0.513. The Morgan fingerprint density at radius 2 is 1.33 bits per heavy atom. The molecule has 1 aromatic rings. The van der Waals surface area contributed by atoms with Gasteiger partial charge in [-0.25, -0.2) is 0 Å². The molecule has 0 spiro atoms. The molecule has 8 nitrogen and oxygen atoms in total. The third-order valence-corrected chi connectivity index (χ3v) is 1.01. The highest BCUT2D eigenvalue weighted by Crippen LogP contribution is 2.09. The second-order valence-electron chi connectivity index (χ2n) is 1.76. The van der Waals surface area contributed by atoms with Gasteiger partial charge in [-0.2, -0.15) is 0 Å². The molecule has 0 saturated carbocycles. The Balaban J connectivity index is 3.01. The molecule has 1 rings (SSSR count). The number of hydrogen-bond donors (Lipinski definition) is 0. The van der Waals surface area contributed by atoms with Crippen molar-refractivity contribution in [2.24, 2.45) is 0 Å². The van der Waals surface area contributed by atoms with E-state index in [1.54, 1.807) is 0 Å². The normalized spacial score (nSPS) is 9.33. The lowest BCUT2D eigenvalue weighted by atomic mass is 10.5. The van der Waals surface area contributed by atoms with Gasteiger partial charge in [-0.05, 0) is 9.85 Å². The second kappa shape index (κ2) is 2.86. The van der Waals surface area contributed by atoms with Crippen LogP contribution in [-0.2, 0) is 0 Å². The van der Waals surface area contributed by atoms with Crippen molar-refractivity contribution in [3.63, 3.8) is 0 Å². The molecule has 0 aliphatic rings. The van der Waals surface area contributed by atoms with E-state index in [0.29, 0.717) is 0 Å². The van der Waals surface area contributed by atoms with Crippen LogP contribution in [0.25, 0.3) is 0 Å². The van der Waals surface area contributed by atoms with Crippen molar-refractivity contribution < 1.29 is 9.85 Å². The van der Waals surface area contributed by atoms with E-state index >= 15 is 0 Å². The molecular weight excluding hydrogens is 168 g/mol. The summed E-state index contributed by atoms with van der Waals surface area (Å²) in [5.74, 6) is -1.03. The highest BCUT2D eigenvalue weighted by molar-refractivity contribution is 5.24. The molecule has 12 heavy (non-hydrogen) atoms. The van der Waals surface area contributed by atoms with Gasteiger partial charge in [0.2, 0.25) is 0 Å². The summed E-state index contributed by atoms with van der Waals surface area (Å²) >= 11 is 0. The zero-order valence-corrected chi connectivity index (χ0v) is 5.58. The second-order valence-corrected chi connectivity index (χ2v) is 1.76. The smallest absolute Gasteiger partial charge is 0.358 e. The molecule has 0 radical (unpaired) electrons. The first-order valence-electron chi connectivity index (χ1n) is 2.74. The zero-order chi connectivity index (χ0) is 9.14. The summed E-state index contributed by atoms with van der Waals surface area (Å²) in [6, 6.07) is 1.84. The van der Waals surface area contributed by atoms with Crippen LogP contribution in [0.15, 0.2) is 12.1 Å². The molecule has 0 amide bonds. The van der Waals surface area contributed by atoms with Crippen molar-refractivity contribution in [1.29, 1.82) is 0 Å². The summed E-state index contributed by atoms with van der Waals surface area (Å²) in [7, 11) is 0. The van der Waals surface area contributed by atoms with Crippen LogP contribution in [0.1, 0.15) is 0 Å². The first kappa shape index (κ1) is 7.98. The summed E-state index contributed by atoms with van der Waals surface area (Å²) < 4.78 is 0. The van der Waals surface area contributed by atoms with E-state index in [1.165, 1.54) is 0 Å². The lowest BCUT2D eigenvalue weighted by Crippen LogP contribution is -1.97. The van der Waals surface area contributed by atoms with E-state index in [2.05, 4.69) is 10.2 Å². The molecular formula is C4H2N4O4. The van der Waals surface area contributed by atoms with Gasteiger partial charge in [-0.3, -0.25) is 0 Å². The Morgan fingerprint density at radius 1 is 1.00 bits per heavy atom. The number of nitro groups is 2. The largest absolute Gasteiger partial charge is 0.416 e. The van der Waals surface area contributed by atoms with E-state index < -0.39 is 21.5 Å². The van der Waals surface area contributed by atoms with Crippen LogP contribution < -0.4 is 0 Å². The van der Waals surface area contributed by atoms with Gasteiger partial charge in [0, 0.05) is 12.1 Å². The summed E-state index contributed by atoms with van der Waals surface area (Å²) in [5.41, 5.74) is 0. The van der Waals surface area contributed by atoms with Gasteiger partial charge in [0.25, 0.3) is 0 Å². The molecule has 0 atom stereocenters. The Kier molecular flexibility index (Phi) is 1.90. The topological polar surface area (TPSA) is 112 Å². The molecule has 0 N–H and O–H groups in total. The molecule has 0 bridgehead atoms. The molecule has 0 aliphatic heterocycles. The van der Waals surface area contributed by atoms with E-state index in [-0.39, 0.29) is 0 Å². The zero-order valence-electron chi connectivity index (χ0n) is 5.58. The van der Waals surface area contributed by atoms with Gasteiger partial charge in [0.05, 0.1) is 0 Å². The van der Waals surface area contributed by atoms with Gasteiger partial charge in [-0.15, -0.1) is 0 Å². The maximum atomic E-state index is 10.0. The molecule has 0 saturated heterocycles. The fourth-order valence-electron chi connectivity index (χ4n) is 0.513. The Labute approximate surface area is 65.1 Å². The Morgan fingerprint density at radius 3 is 1.50 bits per heavy atom. The SMILES string of the molecule is O=[N+]([O-])c1ccc([N+](=O)[O-])nn1. The van der Waals surface area contributed by atoms with Crippen molar-refractivity contribution in [2.75, 3.05) is 0 Å². The van der Waals surface area contributed by atoms with Crippen LogP contribution in [0.3, 0.4) is 0 Å². The van der Waals surface area contributed by atoms with Crippen LogP contribution in [0.5, 0.6) is 0 Å². The minimum Gasteiger partial charge on any atom is -0.358 e. The number of rotatable bonds is 2. The van der Waals surface area contributed by atoms with E-state index in [4.69, 9.17) is 0 Å². The van der Waals surface area contributed by atoms with Crippen molar-refractivity contribution in [2.45, 2.75) is 0 Å². The average molecular weight is 170 g/mol. The van der Waals surface area contributed by atoms with Crippen molar-refractivity contribution in [3.8, 4) is 0 Å². The molecule has 0 fully saturated rings. The first-order valence-corrected chi connectivity index (χ1v) is 2.74.